The third-order valence-corrected chi connectivity index (χ3v) is 6.29. The van der Waals surface area contributed by atoms with Crippen LogP contribution in [0.2, 0.25) is 0 Å². The number of benzene rings is 2. The number of ether oxygens (including phenoxy) is 1. The number of H-pyrrole nitrogens is 1. The highest BCUT2D eigenvalue weighted by Crippen LogP contribution is 2.43. The molecule has 2 heterocycles. The second-order valence-corrected chi connectivity index (χ2v) is 9.12. The molecule has 8 heteroatoms. The van der Waals surface area contributed by atoms with Crippen molar-refractivity contribution in [2.24, 2.45) is 0 Å². The fraction of sp³-hybridized carbons (Fsp3) is 0.296. The van der Waals surface area contributed by atoms with E-state index >= 15 is 0 Å². The zero-order valence-electron chi connectivity index (χ0n) is 19.8. The monoisotopic (exact) mass is 468 g/mol. The van der Waals surface area contributed by atoms with E-state index in [9.17, 15) is 10.1 Å². The normalized spacial score (nSPS) is 13.4. The molecule has 2 aromatic carbocycles. The first-order valence-corrected chi connectivity index (χ1v) is 11.9. The fourth-order valence-corrected chi connectivity index (χ4v) is 4.47. The van der Waals surface area contributed by atoms with Crippen molar-refractivity contribution in [2.45, 2.75) is 51.8 Å². The predicted octanol–water partition coefficient (Wildman–Crippen LogP) is 5.74. The van der Waals surface area contributed by atoms with Gasteiger partial charge in [0.05, 0.1) is 16.8 Å². The highest BCUT2D eigenvalue weighted by Gasteiger charge is 2.28. The van der Waals surface area contributed by atoms with Gasteiger partial charge in [-0.1, -0.05) is 12.1 Å². The molecule has 3 N–H and O–H groups in total. The fourth-order valence-electron chi connectivity index (χ4n) is 4.47. The summed E-state index contributed by atoms with van der Waals surface area (Å²) < 4.78 is 8.27. The second kappa shape index (κ2) is 9.55. The molecule has 0 bridgehead atoms. The largest absolute Gasteiger partial charge is 0.486 e. The van der Waals surface area contributed by atoms with Gasteiger partial charge in [-0.2, -0.15) is 5.26 Å². The number of hydrogen-bond donors (Lipinski definition) is 3. The van der Waals surface area contributed by atoms with Crippen LogP contribution in [-0.4, -0.2) is 26.6 Å². The van der Waals surface area contributed by atoms with Crippen molar-refractivity contribution < 1.29 is 9.53 Å². The summed E-state index contributed by atoms with van der Waals surface area (Å²) in [4.78, 5) is 19.3. The van der Waals surface area contributed by atoms with Gasteiger partial charge in [-0.15, -0.1) is 0 Å². The summed E-state index contributed by atoms with van der Waals surface area (Å²) in [5.41, 5.74) is 4.20. The van der Waals surface area contributed by atoms with E-state index in [1.54, 1.807) is 12.4 Å². The lowest BCUT2D eigenvalue weighted by Crippen LogP contribution is -2.34. The Kier molecular flexibility index (Phi) is 6.15. The minimum absolute atomic E-state index is 0.0543. The number of amides is 2. The highest BCUT2D eigenvalue weighted by molar-refractivity contribution is 5.96. The number of aromatic amines is 1. The van der Waals surface area contributed by atoms with Gasteiger partial charge in [-0.05, 0) is 62.9 Å². The van der Waals surface area contributed by atoms with Crippen LogP contribution in [0.3, 0.4) is 0 Å². The lowest BCUT2D eigenvalue weighted by Gasteiger charge is -2.30. The van der Waals surface area contributed by atoms with Crippen LogP contribution in [0.1, 0.15) is 50.5 Å². The first-order chi connectivity index (χ1) is 17.0. The van der Waals surface area contributed by atoms with E-state index in [0.29, 0.717) is 23.9 Å². The van der Waals surface area contributed by atoms with Gasteiger partial charge in [-0.25, -0.2) is 9.78 Å². The molecule has 0 atom stereocenters. The topological polar surface area (TPSA) is 108 Å². The van der Waals surface area contributed by atoms with E-state index in [0.717, 1.165) is 46.6 Å². The Labute approximate surface area is 203 Å². The third kappa shape index (κ3) is 4.58. The Morgan fingerprint density at radius 3 is 2.69 bits per heavy atom. The van der Waals surface area contributed by atoms with E-state index < -0.39 is 0 Å². The van der Waals surface area contributed by atoms with Crippen molar-refractivity contribution >= 4 is 22.6 Å². The molecule has 5 rings (SSSR count). The molecule has 0 spiro atoms. The van der Waals surface area contributed by atoms with Crippen molar-refractivity contribution in [2.75, 3.05) is 5.32 Å². The smallest absolute Gasteiger partial charge is 0.319 e. The summed E-state index contributed by atoms with van der Waals surface area (Å²) in [5.74, 6) is 1.49. The molecule has 35 heavy (non-hydrogen) atoms. The predicted molar refractivity (Wildman–Crippen MR) is 135 cm³/mol. The molecule has 2 aromatic heterocycles. The number of aromatic nitrogens is 3. The molecule has 0 unspecified atom stereocenters. The van der Waals surface area contributed by atoms with Crippen LogP contribution >= 0.6 is 0 Å². The van der Waals surface area contributed by atoms with Gasteiger partial charge in [0.2, 0.25) is 0 Å². The Morgan fingerprint density at radius 2 is 2.06 bits per heavy atom. The summed E-state index contributed by atoms with van der Waals surface area (Å²) in [6.45, 7) is 4.18. The Bertz CT molecular complexity index is 1380. The van der Waals surface area contributed by atoms with E-state index in [1.165, 1.54) is 6.42 Å². The van der Waals surface area contributed by atoms with Gasteiger partial charge in [0.15, 0.2) is 0 Å². The number of carbonyl (C=O) groups is 1. The van der Waals surface area contributed by atoms with Gasteiger partial charge < -0.3 is 24.9 Å². The van der Waals surface area contributed by atoms with Gasteiger partial charge in [-0.3, -0.25) is 0 Å². The van der Waals surface area contributed by atoms with Crippen LogP contribution in [-0.2, 0) is 6.61 Å². The molecule has 2 amide bonds. The summed E-state index contributed by atoms with van der Waals surface area (Å²) in [5, 5.41) is 16.7. The molecular formula is C27H28N6O2. The number of nitriles is 1. The van der Waals surface area contributed by atoms with Crippen LogP contribution in [0.4, 0.5) is 10.5 Å². The standard InChI is InChI=1S/C27H28N6O2/c1-17(2)31-27(34)32-19-8-6-18(7-9-19)26-23(15-28)22-11-10-21(35-16-25-29-12-13-30-25)14-24(22)33(26)20-4-3-5-20/h6-14,17,20H,3-5,16H2,1-2H3,(H,29,30)(H2,31,32,34). The number of carbonyl (C=O) groups excluding carboxylic acids is 1. The van der Waals surface area contributed by atoms with Crippen LogP contribution < -0.4 is 15.4 Å². The molecule has 4 aromatic rings. The lowest BCUT2D eigenvalue weighted by atomic mass is 9.92. The number of imidazole rings is 1. The van der Waals surface area contributed by atoms with Crippen LogP contribution in [0.25, 0.3) is 22.2 Å². The van der Waals surface area contributed by atoms with Crippen LogP contribution in [0.15, 0.2) is 54.9 Å². The van der Waals surface area contributed by atoms with Gasteiger partial charge >= 0.3 is 6.03 Å². The quantitative estimate of drug-likeness (QED) is 0.321. The van der Waals surface area contributed by atoms with Crippen molar-refractivity contribution in [3.63, 3.8) is 0 Å². The zero-order valence-corrected chi connectivity index (χ0v) is 19.8. The molecule has 1 fully saturated rings. The maximum absolute atomic E-state index is 12.1. The molecule has 1 aliphatic rings. The molecule has 1 aliphatic carbocycles. The number of nitrogens with zero attached hydrogens (tertiary/aromatic N) is 3. The maximum atomic E-state index is 12.1. The second-order valence-electron chi connectivity index (χ2n) is 9.12. The maximum Gasteiger partial charge on any atom is 0.319 e. The zero-order chi connectivity index (χ0) is 24.4. The van der Waals surface area contributed by atoms with Crippen molar-refractivity contribution in [1.82, 2.24) is 19.9 Å². The van der Waals surface area contributed by atoms with E-state index in [4.69, 9.17) is 4.74 Å². The van der Waals surface area contributed by atoms with Gasteiger partial charge in [0.1, 0.15) is 24.3 Å². The summed E-state index contributed by atoms with van der Waals surface area (Å²) in [6, 6.07) is 16.2. The SMILES string of the molecule is CC(C)NC(=O)Nc1ccc(-c2c(C#N)c3ccc(OCc4ncc[nH]4)cc3n2C2CCC2)cc1. The molecular weight excluding hydrogens is 440 g/mol. The Morgan fingerprint density at radius 1 is 1.26 bits per heavy atom. The van der Waals surface area contributed by atoms with E-state index in [-0.39, 0.29) is 12.1 Å². The number of rotatable bonds is 7. The number of nitrogens with one attached hydrogen (secondary N) is 3. The summed E-state index contributed by atoms with van der Waals surface area (Å²) in [6.07, 6.45) is 6.80. The number of anilines is 1. The highest BCUT2D eigenvalue weighted by atomic mass is 16.5. The van der Waals surface area contributed by atoms with E-state index in [2.05, 4.69) is 31.2 Å². The minimum atomic E-state index is -0.240. The Balaban J connectivity index is 1.51. The van der Waals surface area contributed by atoms with E-state index in [1.807, 2.05) is 56.3 Å². The van der Waals surface area contributed by atoms with Crippen molar-refractivity contribution in [1.29, 1.82) is 5.26 Å². The van der Waals surface area contributed by atoms with Crippen LogP contribution in [0.5, 0.6) is 5.75 Å². The number of hydrogen-bond acceptors (Lipinski definition) is 4. The molecule has 0 aliphatic heterocycles. The Hall–Kier alpha value is -4.25. The molecule has 0 saturated heterocycles. The average Bonchev–Trinajstić information content (AvgIpc) is 3.43. The van der Waals surface area contributed by atoms with Crippen molar-refractivity contribution in [3.05, 3.63) is 66.2 Å². The van der Waals surface area contributed by atoms with Gasteiger partial charge in [0.25, 0.3) is 0 Å². The average molecular weight is 469 g/mol. The van der Waals surface area contributed by atoms with Crippen molar-refractivity contribution in [3.8, 4) is 23.1 Å². The number of fused-ring (bicyclic) bond motifs is 1. The molecule has 178 valence electrons. The van der Waals surface area contributed by atoms with Crippen LogP contribution in [0, 0.1) is 11.3 Å². The first kappa shape index (κ1) is 22.5. The van der Waals surface area contributed by atoms with Gasteiger partial charge in [0, 0.05) is 41.6 Å². The minimum Gasteiger partial charge on any atom is -0.486 e. The molecule has 0 radical (unpaired) electrons. The third-order valence-electron chi connectivity index (χ3n) is 6.29. The molecule has 8 nitrogen and oxygen atoms in total. The first-order valence-electron chi connectivity index (χ1n) is 11.9. The summed E-state index contributed by atoms with van der Waals surface area (Å²) in [7, 11) is 0. The number of urea groups is 1. The molecule has 1 saturated carbocycles. The lowest BCUT2D eigenvalue weighted by molar-refractivity contribution is 0.250. The summed E-state index contributed by atoms with van der Waals surface area (Å²) >= 11 is 0.